The van der Waals surface area contributed by atoms with Crippen molar-refractivity contribution in [3.8, 4) is 23.2 Å². The van der Waals surface area contributed by atoms with Gasteiger partial charge in [0, 0.05) is 34.8 Å². The standard InChI is InChI=1S/C33H29N7O3/c1-20-9-12-23(13-10-20)40-29(19-30(41)39-40)37-33(42)36-26-14-15-28(25-7-5-4-6-24(25)26)43-31-16-17-34-32(38-31)35-27-18-21(2)8-11-22(27)3/h4-19H,1-3H3,(H,39,41)(H,34,35,38)(H2,36,37,42). The molecule has 2 aromatic heterocycles. The first-order chi connectivity index (χ1) is 20.8. The van der Waals surface area contributed by atoms with E-state index in [1.165, 1.54) is 10.7 Å². The molecule has 0 fully saturated rings. The Balaban J connectivity index is 1.22. The maximum absolute atomic E-state index is 13.1. The fourth-order valence-electron chi connectivity index (χ4n) is 4.64. The number of fused-ring (bicyclic) bond motifs is 1. The Morgan fingerprint density at radius 1 is 0.814 bits per heavy atom. The van der Waals surface area contributed by atoms with Crippen LogP contribution in [0, 0.1) is 20.8 Å². The molecule has 0 radical (unpaired) electrons. The highest BCUT2D eigenvalue weighted by Gasteiger charge is 2.15. The molecule has 10 nitrogen and oxygen atoms in total. The van der Waals surface area contributed by atoms with Gasteiger partial charge >= 0.3 is 6.03 Å². The lowest BCUT2D eigenvalue weighted by Crippen LogP contribution is -2.21. The summed E-state index contributed by atoms with van der Waals surface area (Å²) in [7, 11) is 0. The number of aromatic hydroxyl groups is 1. The third-order valence-electron chi connectivity index (χ3n) is 6.83. The minimum atomic E-state index is -0.495. The summed E-state index contributed by atoms with van der Waals surface area (Å²) in [5.41, 5.74) is 5.49. The van der Waals surface area contributed by atoms with Gasteiger partial charge in [-0.25, -0.2) is 14.5 Å². The van der Waals surface area contributed by atoms with Gasteiger partial charge in [0.2, 0.25) is 17.7 Å². The largest absolute Gasteiger partial charge is 0.492 e. The van der Waals surface area contributed by atoms with Crippen molar-refractivity contribution < 1.29 is 14.6 Å². The van der Waals surface area contributed by atoms with Crippen molar-refractivity contribution in [3.63, 3.8) is 0 Å². The molecular weight excluding hydrogens is 542 g/mol. The third-order valence-corrected chi connectivity index (χ3v) is 6.83. The minimum Gasteiger partial charge on any atom is -0.492 e. The molecule has 0 aliphatic heterocycles. The number of aryl methyl sites for hydroxylation is 3. The maximum atomic E-state index is 13.1. The van der Waals surface area contributed by atoms with Crippen LogP contribution in [0.2, 0.25) is 0 Å². The summed E-state index contributed by atoms with van der Waals surface area (Å²) in [4.78, 5) is 22.0. The van der Waals surface area contributed by atoms with Gasteiger partial charge in [-0.15, -0.1) is 5.10 Å². The summed E-state index contributed by atoms with van der Waals surface area (Å²) in [5.74, 6) is 1.47. The molecular formula is C33H29N7O3. The van der Waals surface area contributed by atoms with Gasteiger partial charge in [0.1, 0.15) is 11.6 Å². The van der Waals surface area contributed by atoms with Gasteiger partial charge in [0.05, 0.1) is 11.4 Å². The second-order valence-electron chi connectivity index (χ2n) is 10.1. The number of benzene rings is 4. The van der Waals surface area contributed by atoms with Crippen molar-refractivity contribution in [3.05, 3.63) is 114 Å². The van der Waals surface area contributed by atoms with Gasteiger partial charge in [0.15, 0.2) is 0 Å². The van der Waals surface area contributed by atoms with E-state index in [1.54, 1.807) is 24.4 Å². The lowest BCUT2D eigenvalue weighted by atomic mass is 10.1. The number of urea groups is 1. The fraction of sp³-hybridized carbons (Fsp3) is 0.0909. The van der Waals surface area contributed by atoms with E-state index in [0.29, 0.717) is 34.8 Å². The van der Waals surface area contributed by atoms with E-state index in [4.69, 9.17) is 4.74 Å². The molecule has 0 aliphatic rings. The second kappa shape index (κ2) is 11.5. The first-order valence-corrected chi connectivity index (χ1v) is 13.6. The van der Waals surface area contributed by atoms with E-state index in [9.17, 15) is 9.90 Å². The monoisotopic (exact) mass is 571 g/mol. The molecule has 0 unspecified atom stereocenters. The first-order valence-electron chi connectivity index (χ1n) is 13.6. The predicted molar refractivity (Wildman–Crippen MR) is 168 cm³/mol. The average Bonchev–Trinajstić information content (AvgIpc) is 3.36. The summed E-state index contributed by atoms with van der Waals surface area (Å²) < 4.78 is 7.66. The lowest BCUT2D eigenvalue weighted by molar-refractivity contribution is 0.262. The van der Waals surface area contributed by atoms with Crippen LogP contribution in [0.3, 0.4) is 0 Å². The molecule has 43 heavy (non-hydrogen) atoms. The highest BCUT2D eigenvalue weighted by molar-refractivity contribution is 6.07. The minimum absolute atomic E-state index is 0.208. The van der Waals surface area contributed by atoms with Gasteiger partial charge < -0.3 is 20.5 Å². The number of nitrogens with zero attached hydrogens (tertiary/aromatic N) is 4. The zero-order valence-corrected chi connectivity index (χ0v) is 23.8. The molecule has 6 rings (SSSR count). The summed E-state index contributed by atoms with van der Waals surface area (Å²) in [6.45, 7) is 6.03. The summed E-state index contributed by atoms with van der Waals surface area (Å²) in [6.07, 6.45) is 1.64. The van der Waals surface area contributed by atoms with Crippen LogP contribution in [0.15, 0.2) is 97.2 Å². The summed E-state index contributed by atoms with van der Waals surface area (Å²) >= 11 is 0. The first kappa shape index (κ1) is 27.3. The van der Waals surface area contributed by atoms with Crippen molar-refractivity contribution >= 4 is 39.9 Å². The molecule has 214 valence electrons. The number of nitrogens with one attached hydrogen (secondary N) is 3. The number of rotatable bonds is 7. The second-order valence-corrected chi connectivity index (χ2v) is 10.1. The molecule has 2 heterocycles. The molecule has 10 heteroatoms. The number of ether oxygens (including phenoxy) is 1. The van der Waals surface area contributed by atoms with Crippen LogP contribution in [-0.2, 0) is 0 Å². The Morgan fingerprint density at radius 2 is 1.58 bits per heavy atom. The number of amides is 2. The van der Waals surface area contributed by atoms with Crippen LogP contribution in [0.1, 0.15) is 16.7 Å². The molecule has 6 aromatic rings. The Hall–Kier alpha value is -5.90. The zero-order valence-electron chi connectivity index (χ0n) is 23.8. The molecule has 2 amide bonds. The number of carbonyl (C=O) groups is 1. The van der Waals surface area contributed by atoms with Crippen molar-refractivity contribution in [1.82, 2.24) is 19.7 Å². The van der Waals surface area contributed by atoms with E-state index >= 15 is 0 Å². The molecule has 0 spiro atoms. The van der Waals surface area contributed by atoms with Crippen LogP contribution in [0.25, 0.3) is 16.5 Å². The maximum Gasteiger partial charge on any atom is 0.324 e. The van der Waals surface area contributed by atoms with Gasteiger partial charge in [-0.1, -0.05) is 54.1 Å². The van der Waals surface area contributed by atoms with E-state index in [0.717, 1.165) is 33.2 Å². The molecule has 0 saturated heterocycles. The highest BCUT2D eigenvalue weighted by atomic mass is 16.5. The molecule has 0 aliphatic carbocycles. The van der Waals surface area contributed by atoms with E-state index in [1.807, 2.05) is 81.4 Å². The number of aromatic nitrogens is 4. The van der Waals surface area contributed by atoms with E-state index in [-0.39, 0.29) is 5.88 Å². The van der Waals surface area contributed by atoms with Gasteiger partial charge in [-0.2, -0.15) is 4.98 Å². The van der Waals surface area contributed by atoms with Crippen LogP contribution < -0.4 is 20.7 Å². The average molecular weight is 572 g/mol. The molecule has 0 atom stereocenters. The highest BCUT2D eigenvalue weighted by Crippen LogP contribution is 2.34. The van der Waals surface area contributed by atoms with Crippen LogP contribution >= 0.6 is 0 Å². The number of hydrogen-bond donors (Lipinski definition) is 4. The van der Waals surface area contributed by atoms with Crippen LogP contribution in [0.4, 0.5) is 27.9 Å². The number of carbonyl (C=O) groups excluding carboxylic acids is 1. The predicted octanol–water partition coefficient (Wildman–Crippen LogP) is 7.63. The third kappa shape index (κ3) is 6.08. The van der Waals surface area contributed by atoms with Gasteiger partial charge in [-0.05, 0) is 62.2 Å². The quantitative estimate of drug-likeness (QED) is 0.155. The smallest absolute Gasteiger partial charge is 0.324 e. The van der Waals surface area contributed by atoms with E-state index < -0.39 is 6.03 Å². The number of anilines is 4. The molecule has 4 aromatic carbocycles. The van der Waals surface area contributed by atoms with Crippen molar-refractivity contribution in [2.24, 2.45) is 0 Å². The van der Waals surface area contributed by atoms with Crippen molar-refractivity contribution in [2.75, 3.05) is 16.0 Å². The summed E-state index contributed by atoms with van der Waals surface area (Å²) in [5, 5.41) is 24.6. The van der Waals surface area contributed by atoms with Crippen molar-refractivity contribution in [2.45, 2.75) is 20.8 Å². The lowest BCUT2D eigenvalue weighted by Gasteiger charge is -2.14. The van der Waals surface area contributed by atoms with Gasteiger partial charge in [-0.3, -0.25) is 5.32 Å². The van der Waals surface area contributed by atoms with Crippen LogP contribution in [-0.4, -0.2) is 30.9 Å². The van der Waals surface area contributed by atoms with Gasteiger partial charge in [0.25, 0.3) is 0 Å². The molecule has 4 N–H and O–H groups in total. The Bertz CT molecular complexity index is 1950. The zero-order chi connectivity index (χ0) is 29.9. The summed E-state index contributed by atoms with van der Waals surface area (Å²) in [6, 6.07) is 27.4. The normalized spacial score (nSPS) is 10.9. The van der Waals surface area contributed by atoms with Crippen molar-refractivity contribution in [1.29, 1.82) is 0 Å². The molecule has 0 bridgehead atoms. The van der Waals surface area contributed by atoms with E-state index in [2.05, 4.69) is 37.1 Å². The Labute approximate surface area is 248 Å². The van der Waals surface area contributed by atoms with Crippen LogP contribution in [0.5, 0.6) is 17.5 Å². The SMILES string of the molecule is Cc1ccc(-n2nc(O)cc2NC(=O)Nc2ccc(Oc3ccnc(Nc4cc(C)ccc4C)n3)c3ccccc23)cc1. The fourth-order valence-corrected chi connectivity index (χ4v) is 4.64. The molecule has 0 saturated carbocycles. The number of hydrogen-bond acceptors (Lipinski definition) is 7. The Morgan fingerprint density at radius 3 is 2.40 bits per heavy atom. The Kier molecular flexibility index (Phi) is 7.32. The topological polar surface area (TPSA) is 126 Å².